The number of fused-ring (bicyclic) bond motifs is 2. The second-order valence-electron chi connectivity index (χ2n) is 7.04. The van der Waals surface area contributed by atoms with Crippen molar-refractivity contribution in [2.75, 3.05) is 31.6 Å². The van der Waals surface area contributed by atoms with Crippen LogP contribution in [-0.2, 0) is 16.6 Å². The second kappa shape index (κ2) is 7.19. The summed E-state index contributed by atoms with van der Waals surface area (Å²) in [6, 6.07) is 19.0. The van der Waals surface area contributed by atoms with Gasteiger partial charge in [0.2, 0.25) is 5.91 Å². The number of hydrogen-bond acceptors (Lipinski definition) is 2. The van der Waals surface area contributed by atoms with E-state index in [0.717, 1.165) is 44.6 Å². The molecule has 1 amide bonds. The van der Waals surface area contributed by atoms with E-state index in [1.54, 1.807) is 0 Å². The average Bonchev–Trinajstić information content (AvgIpc) is 2.85. The van der Waals surface area contributed by atoms with Gasteiger partial charge in [-0.05, 0) is 49.5 Å². The van der Waals surface area contributed by atoms with E-state index < -0.39 is 0 Å². The molecule has 0 N–H and O–H groups in total. The van der Waals surface area contributed by atoms with Gasteiger partial charge >= 0.3 is 0 Å². The summed E-state index contributed by atoms with van der Waals surface area (Å²) in [5.41, 5.74) is 3.44. The smallest absolute Gasteiger partial charge is 0.237 e. The Morgan fingerprint density at radius 1 is 0.960 bits per heavy atom. The van der Waals surface area contributed by atoms with Gasteiger partial charge in [0.15, 0.2) is 0 Å². The van der Waals surface area contributed by atoms with E-state index in [0.29, 0.717) is 0 Å². The van der Waals surface area contributed by atoms with Crippen molar-refractivity contribution < 1.29 is 4.79 Å². The molecule has 0 unspecified atom stereocenters. The van der Waals surface area contributed by atoms with Crippen LogP contribution in [0.4, 0.5) is 5.69 Å². The summed E-state index contributed by atoms with van der Waals surface area (Å²) in [7, 11) is 1.91. The molecule has 1 spiro atoms. The van der Waals surface area contributed by atoms with Gasteiger partial charge in [-0.15, -0.1) is 12.4 Å². The summed E-state index contributed by atoms with van der Waals surface area (Å²) in [4.78, 5) is 17.3. The Labute approximate surface area is 156 Å². The number of likely N-dealkylation sites (tertiary alicyclic amines) is 1. The molecule has 0 radical (unpaired) electrons. The van der Waals surface area contributed by atoms with Gasteiger partial charge in [-0.2, -0.15) is 0 Å². The van der Waals surface area contributed by atoms with Gasteiger partial charge in [0.1, 0.15) is 0 Å². The van der Waals surface area contributed by atoms with Crippen LogP contribution in [0.25, 0.3) is 0 Å². The molecule has 3 nitrogen and oxygen atoms in total. The molecule has 0 bridgehead atoms. The summed E-state index contributed by atoms with van der Waals surface area (Å²) in [6.07, 6.45) is 2.95. The SMILES string of the molecule is CN1C(=O)C2(CCN(CCc3ccccc3)CC2)c2ccccc21.Cl. The number of para-hydroxylation sites is 1. The van der Waals surface area contributed by atoms with Crippen LogP contribution in [0, 0.1) is 0 Å². The standard InChI is InChI=1S/C21H24N2O.ClH/c1-22-19-10-6-5-9-18(19)21(20(22)24)12-15-23(16-13-21)14-11-17-7-3-2-4-8-17;/h2-10H,11-16H2,1H3;1H. The van der Waals surface area contributed by atoms with Gasteiger partial charge in [0.05, 0.1) is 5.41 Å². The van der Waals surface area contributed by atoms with Gasteiger partial charge in [-0.3, -0.25) is 4.79 Å². The van der Waals surface area contributed by atoms with Crippen molar-refractivity contribution in [3.05, 3.63) is 65.7 Å². The lowest BCUT2D eigenvalue weighted by atomic mass is 9.73. The van der Waals surface area contributed by atoms with Gasteiger partial charge in [-0.1, -0.05) is 48.5 Å². The van der Waals surface area contributed by atoms with Crippen molar-refractivity contribution in [1.82, 2.24) is 4.90 Å². The van der Waals surface area contributed by atoms with Gasteiger partial charge < -0.3 is 9.80 Å². The molecule has 0 aliphatic carbocycles. The predicted octanol–water partition coefficient (Wildman–Crippen LogP) is 3.66. The maximum Gasteiger partial charge on any atom is 0.237 e. The molecule has 0 aromatic heterocycles. The van der Waals surface area contributed by atoms with Crippen molar-refractivity contribution in [3.63, 3.8) is 0 Å². The molecule has 4 heteroatoms. The zero-order valence-corrected chi connectivity index (χ0v) is 15.5. The third kappa shape index (κ3) is 3.07. The highest BCUT2D eigenvalue weighted by Crippen LogP contribution is 2.47. The summed E-state index contributed by atoms with van der Waals surface area (Å²) in [5.74, 6) is 0.284. The number of carbonyl (C=O) groups is 1. The lowest BCUT2D eigenvalue weighted by Crippen LogP contribution is -2.48. The van der Waals surface area contributed by atoms with Crippen molar-refractivity contribution >= 4 is 24.0 Å². The number of amides is 1. The quantitative estimate of drug-likeness (QED) is 0.837. The molecule has 2 aromatic carbocycles. The van der Waals surface area contributed by atoms with E-state index in [-0.39, 0.29) is 23.7 Å². The molecular formula is C21H25ClN2O. The third-order valence-electron chi connectivity index (χ3n) is 5.76. The average molecular weight is 357 g/mol. The summed E-state index contributed by atoms with van der Waals surface area (Å²) in [6.45, 7) is 3.08. The summed E-state index contributed by atoms with van der Waals surface area (Å²) >= 11 is 0. The first kappa shape index (κ1) is 18.0. The number of nitrogens with zero attached hydrogens (tertiary/aromatic N) is 2. The molecule has 4 rings (SSSR count). The topological polar surface area (TPSA) is 23.6 Å². The van der Waals surface area contributed by atoms with Gasteiger partial charge in [0.25, 0.3) is 0 Å². The minimum Gasteiger partial charge on any atom is -0.314 e. The van der Waals surface area contributed by atoms with Crippen LogP contribution in [0.5, 0.6) is 0 Å². The maximum absolute atomic E-state index is 12.9. The molecule has 2 aromatic rings. The van der Waals surface area contributed by atoms with Crippen LogP contribution < -0.4 is 4.90 Å². The maximum atomic E-state index is 12.9. The van der Waals surface area contributed by atoms with Crippen molar-refractivity contribution in [2.45, 2.75) is 24.7 Å². The van der Waals surface area contributed by atoms with E-state index in [1.807, 2.05) is 18.0 Å². The van der Waals surface area contributed by atoms with E-state index >= 15 is 0 Å². The van der Waals surface area contributed by atoms with Crippen LogP contribution >= 0.6 is 12.4 Å². The van der Waals surface area contributed by atoms with Crippen molar-refractivity contribution in [1.29, 1.82) is 0 Å². The number of piperidine rings is 1. The Morgan fingerprint density at radius 3 is 2.32 bits per heavy atom. The van der Waals surface area contributed by atoms with E-state index in [9.17, 15) is 4.79 Å². The number of halogens is 1. The minimum absolute atomic E-state index is 0. The number of anilines is 1. The highest BCUT2D eigenvalue weighted by atomic mass is 35.5. The molecule has 2 aliphatic rings. The van der Waals surface area contributed by atoms with Crippen molar-refractivity contribution in [3.8, 4) is 0 Å². The number of carbonyl (C=O) groups excluding carboxylic acids is 1. The Kier molecular flexibility index (Phi) is 5.16. The third-order valence-corrected chi connectivity index (χ3v) is 5.76. The first-order chi connectivity index (χ1) is 11.7. The highest BCUT2D eigenvalue weighted by Gasteiger charge is 2.50. The van der Waals surface area contributed by atoms with Crippen molar-refractivity contribution in [2.24, 2.45) is 0 Å². The molecule has 132 valence electrons. The Hall–Kier alpha value is -1.84. The predicted molar refractivity (Wildman–Crippen MR) is 105 cm³/mol. The molecule has 25 heavy (non-hydrogen) atoms. The number of likely N-dealkylation sites (N-methyl/N-ethyl adjacent to an activating group) is 1. The van der Waals surface area contributed by atoms with Crippen LogP contribution in [0.15, 0.2) is 54.6 Å². The second-order valence-corrected chi connectivity index (χ2v) is 7.04. The summed E-state index contributed by atoms with van der Waals surface area (Å²) in [5, 5.41) is 0. The van der Waals surface area contributed by atoms with Gasteiger partial charge in [0, 0.05) is 19.3 Å². The van der Waals surface area contributed by atoms with Gasteiger partial charge in [-0.25, -0.2) is 0 Å². The van der Waals surface area contributed by atoms with E-state index in [4.69, 9.17) is 0 Å². The fraction of sp³-hybridized carbons (Fsp3) is 0.381. The molecule has 2 aliphatic heterocycles. The van der Waals surface area contributed by atoms with E-state index in [1.165, 1.54) is 11.1 Å². The van der Waals surface area contributed by atoms with Crippen LogP contribution in [-0.4, -0.2) is 37.5 Å². The Balaban J connectivity index is 0.00000182. The molecule has 1 saturated heterocycles. The zero-order valence-electron chi connectivity index (χ0n) is 14.6. The lowest BCUT2D eigenvalue weighted by Gasteiger charge is -2.38. The highest BCUT2D eigenvalue weighted by molar-refractivity contribution is 6.07. The fourth-order valence-electron chi connectivity index (χ4n) is 4.29. The molecular weight excluding hydrogens is 332 g/mol. The minimum atomic E-state index is -0.283. The van der Waals surface area contributed by atoms with Crippen LogP contribution in [0.3, 0.4) is 0 Å². The molecule has 0 atom stereocenters. The monoisotopic (exact) mass is 356 g/mol. The molecule has 0 saturated carbocycles. The lowest BCUT2D eigenvalue weighted by molar-refractivity contribution is -0.124. The Morgan fingerprint density at radius 2 is 1.60 bits per heavy atom. The number of hydrogen-bond donors (Lipinski definition) is 0. The Bertz CT molecular complexity index is 739. The normalized spacial score (nSPS) is 18.9. The largest absolute Gasteiger partial charge is 0.314 e. The first-order valence-corrected chi connectivity index (χ1v) is 8.85. The van der Waals surface area contributed by atoms with Crippen LogP contribution in [0.2, 0.25) is 0 Å². The summed E-state index contributed by atoms with van der Waals surface area (Å²) < 4.78 is 0. The first-order valence-electron chi connectivity index (χ1n) is 8.85. The molecule has 2 heterocycles. The van der Waals surface area contributed by atoms with E-state index in [2.05, 4.69) is 53.4 Å². The fourth-order valence-corrected chi connectivity index (χ4v) is 4.29. The number of benzene rings is 2. The number of rotatable bonds is 3. The zero-order chi connectivity index (χ0) is 16.6. The molecule has 1 fully saturated rings. The van der Waals surface area contributed by atoms with Crippen LogP contribution in [0.1, 0.15) is 24.0 Å².